The Bertz CT molecular complexity index is 550. The average molecular weight is 284 g/mol. The molecule has 1 aliphatic heterocycles. The molecule has 1 aromatic rings. The Morgan fingerprint density at radius 1 is 1.32 bits per heavy atom. The summed E-state index contributed by atoms with van der Waals surface area (Å²) in [5.74, 6) is 0.300. The number of benzene rings is 1. The SMILES string of the molecule is NS(=O)(=O)c1ccc(CNC(=O)CC2COC2)cc1. The number of hydrogen-bond donors (Lipinski definition) is 2. The minimum atomic E-state index is -3.66. The van der Waals surface area contributed by atoms with Crippen molar-refractivity contribution >= 4 is 15.9 Å². The van der Waals surface area contributed by atoms with Crippen LogP contribution in [0.25, 0.3) is 0 Å². The van der Waals surface area contributed by atoms with E-state index in [-0.39, 0.29) is 10.8 Å². The molecule has 0 spiro atoms. The Labute approximate surface area is 112 Å². The number of amides is 1. The van der Waals surface area contributed by atoms with E-state index in [4.69, 9.17) is 9.88 Å². The molecule has 6 nitrogen and oxygen atoms in total. The van der Waals surface area contributed by atoms with Crippen LogP contribution in [0.3, 0.4) is 0 Å². The van der Waals surface area contributed by atoms with Gasteiger partial charge in [0.25, 0.3) is 0 Å². The highest BCUT2D eigenvalue weighted by Gasteiger charge is 2.21. The van der Waals surface area contributed by atoms with Gasteiger partial charge in [0.15, 0.2) is 0 Å². The second kappa shape index (κ2) is 5.68. The van der Waals surface area contributed by atoms with Crippen molar-refractivity contribution in [1.29, 1.82) is 0 Å². The molecule has 1 amide bonds. The fourth-order valence-electron chi connectivity index (χ4n) is 1.73. The first kappa shape index (κ1) is 14.0. The van der Waals surface area contributed by atoms with E-state index in [1.54, 1.807) is 12.1 Å². The lowest BCUT2D eigenvalue weighted by Gasteiger charge is -2.25. The molecule has 104 valence electrons. The number of rotatable bonds is 5. The van der Waals surface area contributed by atoms with E-state index in [1.165, 1.54) is 12.1 Å². The van der Waals surface area contributed by atoms with Crippen molar-refractivity contribution in [2.75, 3.05) is 13.2 Å². The van der Waals surface area contributed by atoms with E-state index in [0.29, 0.717) is 32.1 Å². The summed E-state index contributed by atoms with van der Waals surface area (Å²) in [6.07, 6.45) is 0.468. The van der Waals surface area contributed by atoms with E-state index in [1.807, 2.05) is 0 Å². The molecule has 0 aromatic heterocycles. The monoisotopic (exact) mass is 284 g/mol. The first-order chi connectivity index (χ1) is 8.95. The van der Waals surface area contributed by atoms with Gasteiger partial charge in [-0.25, -0.2) is 13.6 Å². The second-order valence-electron chi connectivity index (χ2n) is 4.57. The second-order valence-corrected chi connectivity index (χ2v) is 6.13. The van der Waals surface area contributed by atoms with Crippen molar-refractivity contribution in [1.82, 2.24) is 5.32 Å². The van der Waals surface area contributed by atoms with Gasteiger partial charge in [0.2, 0.25) is 15.9 Å². The molecule has 0 aliphatic carbocycles. The largest absolute Gasteiger partial charge is 0.381 e. The van der Waals surface area contributed by atoms with Gasteiger partial charge in [-0.3, -0.25) is 4.79 Å². The molecule has 0 saturated carbocycles. The molecule has 2 rings (SSSR count). The van der Waals surface area contributed by atoms with Crippen molar-refractivity contribution in [3.8, 4) is 0 Å². The van der Waals surface area contributed by atoms with Gasteiger partial charge in [0.05, 0.1) is 18.1 Å². The van der Waals surface area contributed by atoms with E-state index >= 15 is 0 Å². The molecule has 3 N–H and O–H groups in total. The molecule has 0 unspecified atom stereocenters. The van der Waals surface area contributed by atoms with Gasteiger partial charge in [0, 0.05) is 18.9 Å². The number of ether oxygens (including phenoxy) is 1. The number of nitrogens with one attached hydrogen (secondary N) is 1. The molecule has 1 aliphatic rings. The van der Waals surface area contributed by atoms with E-state index < -0.39 is 10.0 Å². The molecular formula is C12H16N2O4S. The summed E-state index contributed by atoms with van der Waals surface area (Å²) in [5.41, 5.74) is 0.825. The highest BCUT2D eigenvalue weighted by molar-refractivity contribution is 7.89. The van der Waals surface area contributed by atoms with Crippen molar-refractivity contribution in [3.05, 3.63) is 29.8 Å². The number of carbonyl (C=O) groups is 1. The number of hydrogen-bond acceptors (Lipinski definition) is 4. The normalized spacial score (nSPS) is 15.8. The van der Waals surface area contributed by atoms with Crippen LogP contribution in [0.4, 0.5) is 0 Å². The minimum absolute atomic E-state index is 0.0242. The van der Waals surface area contributed by atoms with Gasteiger partial charge >= 0.3 is 0 Å². The summed E-state index contributed by atoms with van der Waals surface area (Å²) in [6, 6.07) is 6.12. The van der Waals surface area contributed by atoms with Crippen LogP contribution >= 0.6 is 0 Å². The van der Waals surface area contributed by atoms with Gasteiger partial charge in [0.1, 0.15) is 0 Å². The maximum atomic E-state index is 11.6. The lowest BCUT2D eigenvalue weighted by Crippen LogP contribution is -2.34. The maximum absolute atomic E-state index is 11.6. The average Bonchev–Trinajstić information content (AvgIpc) is 2.31. The zero-order valence-electron chi connectivity index (χ0n) is 10.3. The zero-order valence-corrected chi connectivity index (χ0v) is 11.2. The third kappa shape index (κ3) is 4.02. The van der Waals surface area contributed by atoms with Crippen LogP contribution in [0.15, 0.2) is 29.2 Å². The van der Waals surface area contributed by atoms with Crippen LogP contribution in [0, 0.1) is 5.92 Å². The van der Waals surface area contributed by atoms with Crippen LogP contribution in [-0.2, 0) is 26.1 Å². The number of sulfonamides is 1. The zero-order chi connectivity index (χ0) is 13.9. The molecule has 0 radical (unpaired) electrons. The molecule has 0 atom stereocenters. The molecule has 1 saturated heterocycles. The summed E-state index contributed by atoms with van der Waals surface area (Å²) in [7, 11) is -3.66. The third-order valence-corrected chi connectivity index (χ3v) is 3.85. The Morgan fingerprint density at radius 2 is 1.95 bits per heavy atom. The Hall–Kier alpha value is -1.44. The van der Waals surface area contributed by atoms with Crippen LogP contribution in [-0.4, -0.2) is 27.5 Å². The third-order valence-electron chi connectivity index (χ3n) is 2.92. The van der Waals surface area contributed by atoms with Crippen LogP contribution < -0.4 is 10.5 Å². The van der Waals surface area contributed by atoms with Crippen molar-refractivity contribution in [2.45, 2.75) is 17.9 Å². The fraction of sp³-hybridized carbons (Fsp3) is 0.417. The van der Waals surface area contributed by atoms with Gasteiger partial charge in [-0.15, -0.1) is 0 Å². The summed E-state index contributed by atoms with van der Waals surface area (Å²) in [6.45, 7) is 1.67. The van der Waals surface area contributed by atoms with Crippen LogP contribution in [0.5, 0.6) is 0 Å². The van der Waals surface area contributed by atoms with E-state index in [0.717, 1.165) is 5.56 Å². The van der Waals surface area contributed by atoms with Gasteiger partial charge in [-0.05, 0) is 17.7 Å². The van der Waals surface area contributed by atoms with Gasteiger partial charge in [-0.2, -0.15) is 0 Å². The molecule has 7 heteroatoms. The Kier molecular flexibility index (Phi) is 4.18. The van der Waals surface area contributed by atoms with E-state index in [2.05, 4.69) is 5.32 Å². The van der Waals surface area contributed by atoms with E-state index in [9.17, 15) is 13.2 Å². The van der Waals surface area contributed by atoms with Crippen LogP contribution in [0.1, 0.15) is 12.0 Å². The van der Waals surface area contributed by atoms with Gasteiger partial charge in [-0.1, -0.05) is 12.1 Å². The highest BCUT2D eigenvalue weighted by Crippen LogP contribution is 2.14. The predicted octanol–water partition coefficient (Wildman–Crippen LogP) is -0.0133. The summed E-state index contributed by atoms with van der Waals surface area (Å²) < 4.78 is 27.1. The standard InChI is InChI=1S/C12H16N2O4S/c13-19(16,17)11-3-1-9(2-4-11)6-14-12(15)5-10-7-18-8-10/h1-4,10H,5-8H2,(H,14,15)(H2,13,16,17). The van der Waals surface area contributed by atoms with Crippen LogP contribution in [0.2, 0.25) is 0 Å². The molecule has 19 heavy (non-hydrogen) atoms. The molecular weight excluding hydrogens is 268 g/mol. The van der Waals surface area contributed by atoms with Crippen molar-refractivity contribution in [2.24, 2.45) is 11.1 Å². The van der Waals surface area contributed by atoms with Gasteiger partial charge < -0.3 is 10.1 Å². The first-order valence-corrected chi connectivity index (χ1v) is 7.46. The molecule has 1 fully saturated rings. The lowest BCUT2D eigenvalue weighted by molar-refractivity contribution is -0.126. The topological polar surface area (TPSA) is 98.5 Å². The lowest BCUT2D eigenvalue weighted by atomic mass is 10.0. The van der Waals surface area contributed by atoms with Crippen molar-refractivity contribution in [3.63, 3.8) is 0 Å². The minimum Gasteiger partial charge on any atom is -0.381 e. The maximum Gasteiger partial charge on any atom is 0.238 e. The molecule has 0 bridgehead atoms. The smallest absolute Gasteiger partial charge is 0.238 e. The Morgan fingerprint density at radius 3 is 2.42 bits per heavy atom. The number of carbonyl (C=O) groups excluding carboxylic acids is 1. The van der Waals surface area contributed by atoms with Crippen molar-refractivity contribution < 1.29 is 17.9 Å². The number of nitrogens with two attached hydrogens (primary N) is 1. The Balaban J connectivity index is 1.84. The summed E-state index contributed by atoms with van der Waals surface area (Å²) in [5, 5.41) is 7.78. The molecule has 1 aromatic carbocycles. The quantitative estimate of drug-likeness (QED) is 0.794. The summed E-state index contributed by atoms with van der Waals surface area (Å²) >= 11 is 0. The first-order valence-electron chi connectivity index (χ1n) is 5.91. The number of primary sulfonamides is 1. The fourth-order valence-corrected chi connectivity index (χ4v) is 2.25. The predicted molar refractivity (Wildman–Crippen MR) is 68.6 cm³/mol. The summed E-state index contributed by atoms with van der Waals surface area (Å²) in [4.78, 5) is 11.6. The highest BCUT2D eigenvalue weighted by atomic mass is 32.2. The molecule has 1 heterocycles.